The molecule has 1 atom stereocenters. The number of alkyl halides is 1. The number of ether oxygens (including phenoxy) is 1. The Hall–Kier alpha value is -0.550. The molecule has 1 aromatic rings. The Bertz CT molecular complexity index is 435. The normalized spacial score (nSPS) is 12.3. The summed E-state index contributed by atoms with van der Waals surface area (Å²) in [5.74, 6) is 0.992. The van der Waals surface area contributed by atoms with Crippen molar-refractivity contribution >= 4 is 37.8 Å². The van der Waals surface area contributed by atoms with Gasteiger partial charge in [-0.05, 0) is 46.5 Å². The van der Waals surface area contributed by atoms with Gasteiger partial charge in [0, 0.05) is 15.8 Å². The first-order valence-corrected chi connectivity index (χ1v) is 8.11. The van der Waals surface area contributed by atoms with Crippen molar-refractivity contribution in [2.75, 3.05) is 12.4 Å². The van der Waals surface area contributed by atoms with Crippen LogP contribution in [0.3, 0.4) is 0 Å². The monoisotopic (exact) mass is 391 g/mol. The second-order valence-electron chi connectivity index (χ2n) is 4.65. The van der Waals surface area contributed by atoms with Crippen LogP contribution in [0.2, 0.25) is 0 Å². The van der Waals surface area contributed by atoms with Crippen LogP contribution < -0.4 is 10.1 Å². The number of hydrogen-bond acceptors (Lipinski definition) is 2. The minimum absolute atomic E-state index is 0.0783. The molecular weight excluding hydrogens is 374 g/mol. The van der Waals surface area contributed by atoms with Crippen molar-refractivity contribution in [3.8, 4) is 5.75 Å². The lowest BCUT2D eigenvalue weighted by Gasteiger charge is -2.22. The molecule has 0 aliphatic carbocycles. The zero-order valence-corrected chi connectivity index (χ0v) is 14.5. The van der Waals surface area contributed by atoms with E-state index in [1.165, 1.54) is 0 Å². The van der Waals surface area contributed by atoms with Gasteiger partial charge in [0.15, 0.2) is 0 Å². The molecule has 1 N–H and O–H groups in total. The first-order valence-electron chi connectivity index (χ1n) is 6.20. The van der Waals surface area contributed by atoms with Crippen LogP contribution in [0.4, 0.5) is 0 Å². The average molecular weight is 393 g/mol. The molecule has 0 saturated heterocycles. The number of carbonyl (C=O) groups excluding carboxylic acids is 1. The summed E-state index contributed by atoms with van der Waals surface area (Å²) in [4.78, 5) is 12.3. The maximum atomic E-state index is 12.3. The molecule has 1 unspecified atom stereocenters. The van der Waals surface area contributed by atoms with Gasteiger partial charge in [0.25, 0.3) is 5.91 Å². The van der Waals surface area contributed by atoms with Crippen molar-refractivity contribution < 1.29 is 9.53 Å². The molecule has 0 fully saturated rings. The van der Waals surface area contributed by atoms with Crippen LogP contribution >= 0.6 is 31.9 Å². The van der Waals surface area contributed by atoms with E-state index in [0.29, 0.717) is 17.2 Å². The number of hydrogen-bond donors (Lipinski definition) is 1. The van der Waals surface area contributed by atoms with Crippen molar-refractivity contribution in [3.05, 3.63) is 28.2 Å². The quantitative estimate of drug-likeness (QED) is 0.743. The predicted octanol–water partition coefficient (Wildman–Crippen LogP) is 4.00. The van der Waals surface area contributed by atoms with Gasteiger partial charge in [-0.3, -0.25) is 4.79 Å². The van der Waals surface area contributed by atoms with Crippen LogP contribution in [0, 0.1) is 5.92 Å². The number of rotatable bonds is 6. The smallest absolute Gasteiger partial charge is 0.252 e. The van der Waals surface area contributed by atoms with Gasteiger partial charge in [-0.1, -0.05) is 29.8 Å². The summed E-state index contributed by atoms with van der Waals surface area (Å²) in [5.41, 5.74) is 0.597. The summed E-state index contributed by atoms with van der Waals surface area (Å²) in [6.07, 6.45) is 0.908. The highest BCUT2D eigenvalue weighted by molar-refractivity contribution is 9.10. The van der Waals surface area contributed by atoms with Crippen molar-refractivity contribution in [1.82, 2.24) is 5.32 Å². The second-order valence-corrected chi connectivity index (χ2v) is 6.29. The minimum atomic E-state index is -0.0783. The average Bonchev–Trinajstić information content (AvgIpc) is 2.38. The van der Waals surface area contributed by atoms with Crippen LogP contribution in [-0.4, -0.2) is 24.4 Å². The summed E-state index contributed by atoms with van der Waals surface area (Å²) in [7, 11) is 1.59. The van der Waals surface area contributed by atoms with Crippen LogP contribution in [-0.2, 0) is 0 Å². The van der Waals surface area contributed by atoms with Gasteiger partial charge >= 0.3 is 0 Å². The molecule has 19 heavy (non-hydrogen) atoms. The van der Waals surface area contributed by atoms with E-state index < -0.39 is 0 Å². The molecule has 0 bridgehead atoms. The Kier molecular flexibility index (Phi) is 6.86. The molecule has 0 radical (unpaired) electrons. The number of carbonyl (C=O) groups is 1. The fraction of sp³-hybridized carbons (Fsp3) is 0.500. The Morgan fingerprint density at radius 1 is 1.42 bits per heavy atom. The van der Waals surface area contributed by atoms with Crippen LogP contribution in [0.15, 0.2) is 22.7 Å². The standard InChI is InChI=1S/C14H19Br2NO2/c1-9(2)13(6-7-15)17-14(18)11-8-10(19-3)4-5-12(11)16/h4-5,8-9,13H,6-7H2,1-3H3,(H,17,18). The molecule has 0 aromatic heterocycles. The molecule has 5 heteroatoms. The molecule has 1 amide bonds. The maximum absolute atomic E-state index is 12.3. The molecule has 0 saturated carbocycles. The van der Waals surface area contributed by atoms with Gasteiger partial charge in [-0.25, -0.2) is 0 Å². The third-order valence-corrected chi connectivity index (χ3v) is 4.11. The molecular formula is C14H19Br2NO2. The van der Waals surface area contributed by atoms with Gasteiger partial charge in [0.2, 0.25) is 0 Å². The Morgan fingerprint density at radius 3 is 2.63 bits per heavy atom. The lowest BCUT2D eigenvalue weighted by molar-refractivity contribution is 0.0924. The number of benzene rings is 1. The molecule has 1 rings (SSSR count). The third kappa shape index (κ3) is 4.80. The molecule has 106 valence electrons. The van der Waals surface area contributed by atoms with Crippen molar-refractivity contribution in [3.63, 3.8) is 0 Å². The highest BCUT2D eigenvalue weighted by Gasteiger charge is 2.18. The van der Waals surface area contributed by atoms with Gasteiger partial charge in [-0.15, -0.1) is 0 Å². The third-order valence-electron chi connectivity index (χ3n) is 2.96. The van der Waals surface area contributed by atoms with Gasteiger partial charge < -0.3 is 10.1 Å². The van der Waals surface area contributed by atoms with E-state index in [9.17, 15) is 4.79 Å². The topological polar surface area (TPSA) is 38.3 Å². The first-order chi connectivity index (χ1) is 8.99. The molecule has 0 aliphatic rings. The summed E-state index contributed by atoms with van der Waals surface area (Å²) in [6, 6.07) is 5.54. The Balaban J connectivity index is 2.87. The largest absolute Gasteiger partial charge is 0.497 e. The van der Waals surface area contributed by atoms with E-state index in [1.54, 1.807) is 13.2 Å². The predicted molar refractivity (Wildman–Crippen MR) is 85.2 cm³/mol. The first kappa shape index (κ1) is 16.5. The van der Waals surface area contributed by atoms with E-state index in [1.807, 2.05) is 12.1 Å². The van der Waals surface area contributed by atoms with Crippen molar-refractivity contribution in [2.24, 2.45) is 5.92 Å². The van der Waals surface area contributed by atoms with E-state index in [2.05, 4.69) is 51.0 Å². The summed E-state index contributed by atoms with van der Waals surface area (Å²) in [5, 5.41) is 3.94. The number of halogens is 2. The van der Waals surface area contributed by atoms with E-state index in [-0.39, 0.29) is 11.9 Å². The van der Waals surface area contributed by atoms with Crippen molar-refractivity contribution in [2.45, 2.75) is 26.3 Å². The molecule has 1 aromatic carbocycles. The van der Waals surface area contributed by atoms with E-state index in [0.717, 1.165) is 16.2 Å². The summed E-state index contributed by atoms with van der Waals surface area (Å²) in [6.45, 7) is 4.21. The molecule has 0 spiro atoms. The van der Waals surface area contributed by atoms with Gasteiger partial charge in [-0.2, -0.15) is 0 Å². The van der Waals surface area contributed by atoms with Crippen molar-refractivity contribution in [1.29, 1.82) is 0 Å². The molecule has 0 aliphatic heterocycles. The van der Waals surface area contributed by atoms with E-state index in [4.69, 9.17) is 4.74 Å². The maximum Gasteiger partial charge on any atom is 0.252 e. The zero-order chi connectivity index (χ0) is 14.4. The lowest BCUT2D eigenvalue weighted by Crippen LogP contribution is -2.39. The number of methoxy groups -OCH3 is 1. The van der Waals surface area contributed by atoms with Gasteiger partial charge in [0.1, 0.15) is 5.75 Å². The number of nitrogens with one attached hydrogen (secondary N) is 1. The fourth-order valence-electron chi connectivity index (χ4n) is 1.74. The van der Waals surface area contributed by atoms with Gasteiger partial charge in [0.05, 0.1) is 12.7 Å². The van der Waals surface area contributed by atoms with Crippen LogP contribution in [0.25, 0.3) is 0 Å². The summed E-state index contributed by atoms with van der Waals surface area (Å²) < 4.78 is 5.92. The minimum Gasteiger partial charge on any atom is -0.497 e. The lowest BCUT2D eigenvalue weighted by atomic mass is 10.0. The molecule has 3 nitrogen and oxygen atoms in total. The Labute approximate surface area is 131 Å². The fourth-order valence-corrected chi connectivity index (χ4v) is 2.66. The second kappa shape index (κ2) is 7.90. The Morgan fingerprint density at radius 2 is 2.11 bits per heavy atom. The molecule has 0 heterocycles. The SMILES string of the molecule is COc1ccc(Br)c(C(=O)NC(CCBr)C(C)C)c1. The highest BCUT2D eigenvalue weighted by Crippen LogP contribution is 2.23. The highest BCUT2D eigenvalue weighted by atomic mass is 79.9. The van der Waals surface area contributed by atoms with Crippen LogP contribution in [0.5, 0.6) is 5.75 Å². The van der Waals surface area contributed by atoms with Crippen LogP contribution in [0.1, 0.15) is 30.6 Å². The number of amides is 1. The van der Waals surface area contributed by atoms with E-state index >= 15 is 0 Å². The zero-order valence-electron chi connectivity index (χ0n) is 11.4. The summed E-state index contributed by atoms with van der Waals surface area (Å²) >= 11 is 6.82.